The third kappa shape index (κ3) is 4.48. The van der Waals surface area contributed by atoms with E-state index < -0.39 is 12.0 Å². The van der Waals surface area contributed by atoms with Crippen LogP contribution in [0.2, 0.25) is 0 Å². The molecule has 0 aromatic heterocycles. The second-order valence-corrected chi connectivity index (χ2v) is 5.16. The van der Waals surface area contributed by atoms with Gasteiger partial charge in [-0.2, -0.15) is 0 Å². The number of benzene rings is 1. The number of amides is 1. The molecule has 5 heteroatoms. The lowest BCUT2D eigenvalue weighted by Gasteiger charge is -2.23. The number of carbonyl (C=O) groups excluding carboxylic acids is 2. The van der Waals surface area contributed by atoms with E-state index in [4.69, 9.17) is 10.5 Å². The number of esters is 1. The number of anilines is 1. The molecular weight excluding hydrogens is 268 g/mol. The van der Waals surface area contributed by atoms with Crippen LogP contribution in [0.3, 0.4) is 0 Å². The first-order valence-electron chi connectivity index (χ1n) is 7.24. The Morgan fingerprint density at radius 1 is 1.33 bits per heavy atom. The molecule has 2 unspecified atom stereocenters. The number of rotatable bonds is 6. The molecule has 116 valence electrons. The van der Waals surface area contributed by atoms with Crippen molar-refractivity contribution in [1.29, 1.82) is 0 Å². The van der Waals surface area contributed by atoms with Crippen molar-refractivity contribution < 1.29 is 14.3 Å². The molecule has 3 N–H and O–H groups in total. The van der Waals surface area contributed by atoms with Crippen LogP contribution in [-0.4, -0.2) is 24.5 Å². The van der Waals surface area contributed by atoms with Crippen LogP contribution in [0.4, 0.5) is 5.69 Å². The van der Waals surface area contributed by atoms with Gasteiger partial charge in [-0.15, -0.1) is 0 Å². The summed E-state index contributed by atoms with van der Waals surface area (Å²) in [6.07, 6.45) is 0.764. The third-order valence-electron chi connectivity index (χ3n) is 3.55. The van der Waals surface area contributed by atoms with Crippen molar-refractivity contribution >= 4 is 17.6 Å². The van der Waals surface area contributed by atoms with Crippen LogP contribution < -0.4 is 11.1 Å². The van der Waals surface area contributed by atoms with Gasteiger partial charge in [-0.1, -0.05) is 26.3 Å². The highest BCUT2D eigenvalue weighted by Crippen LogP contribution is 2.15. The smallest absolute Gasteiger partial charge is 0.328 e. The maximum atomic E-state index is 12.4. The molecule has 0 saturated heterocycles. The van der Waals surface area contributed by atoms with Gasteiger partial charge in [-0.05, 0) is 37.5 Å². The van der Waals surface area contributed by atoms with Crippen molar-refractivity contribution in [1.82, 2.24) is 5.32 Å². The summed E-state index contributed by atoms with van der Waals surface area (Å²) in [7, 11) is 0. The van der Waals surface area contributed by atoms with E-state index in [1.807, 2.05) is 20.8 Å². The van der Waals surface area contributed by atoms with Crippen molar-refractivity contribution in [2.75, 3.05) is 12.3 Å². The average Bonchev–Trinajstić information content (AvgIpc) is 2.46. The summed E-state index contributed by atoms with van der Waals surface area (Å²) in [5.74, 6) is -0.714. The van der Waals surface area contributed by atoms with Crippen molar-refractivity contribution in [3.8, 4) is 0 Å². The first-order valence-corrected chi connectivity index (χ1v) is 7.24. The van der Waals surface area contributed by atoms with Crippen molar-refractivity contribution in [2.45, 2.75) is 40.2 Å². The van der Waals surface area contributed by atoms with Crippen LogP contribution in [0.5, 0.6) is 0 Å². The van der Waals surface area contributed by atoms with E-state index in [0.29, 0.717) is 17.9 Å². The van der Waals surface area contributed by atoms with E-state index in [-0.39, 0.29) is 11.8 Å². The SMILES string of the molecule is CCOC(=O)C(NC(=O)c1cc(N)ccc1C)C(C)CC. The molecule has 0 aliphatic rings. The van der Waals surface area contributed by atoms with Crippen molar-refractivity contribution in [3.05, 3.63) is 29.3 Å². The van der Waals surface area contributed by atoms with Crippen molar-refractivity contribution in [3.63, 3.8) is 0 Å². The van der Waals surface area contributed by atoms with Gasteiger partial charge in [0.1, 0.15) is 6.04 Å². The van der Waals surface area contributed by atoms with E-state index >= 15 is 0 Å². The second kappa shape index (κ2) is 7.67. The Morgan fingerprint density at radius 3 is 2.57 bits per heavy atom. The summed E-state index contributed by atoms with van der Waals surface area (Å²) in [5.41, 5.74) is 7.53. The Labute approximate surface area is 125 Å². The molecule has 21 heavy (non-hydrogen) atoms. The third-order valence-corrected chi connectivity index (χ3v) is 3.55. The Bertz CT molecular complexity index is 514. The van der Waals surface area contributed by atoms with Crippen LogP contribution in [0, 0.1) is 12.8 Å². The fraction of sp³-hybridized carbons (Fsp3) is 0.500. The first kappa shape index (κ1) is 17.0. The van der Waals surface area contributed by atoms with E-state index in [1.54, 1.807) is 25.1 Å². The van der Waals surface area contributed by atoms with Gasteiger partial charge in [-0.25, -0.2) is 4.79 Å². The molecule has 0 heterocycles. The molecule has 2 atom stereocenters. The molecule has 5 nitrogen and oxygen atoms in total. The molecule has 0 aliphatic carbocycles. The number of nitrogens with one attached hydrogen (secondary N) is 1. The minimum absolute atomic E-state index is 0.00522. The molecule has 1 aromatic carbocycles. The number of nitrogens with two attached hydrogens (primary N) is 1. The van der Waals surface area contributed by atoms with Gasteiger partial charge in [-0.3, -0.25) is 4.79 Å². The zero-order valence-corrected chi connectivity index (χ0v) is 13.1. The predicted octanol–water partition coefficient (Wildman–Crippen LogP) is 2.28. The lowest BCUT2D eigenvalue weighted by molar-refractivity contribution is -0.146. The zero-order valence-electron chi connectivity index (χ0n) is 13.1. The Kier molecular flexibility index (Phi) is 6.21. The molecule has 0 aliphatic heterocycles. The molecule has 0 fully saturated rings. The largest absolute Gasteiger partial charge is 0.464 e. The average molecular weight is 292 g/mol. The van der Waals surface area contributed by atoms with Crippen LogP contribution in [0.1, 0.15) is 43.1 Å². The van der Waals surface area contributed by atoms with E-state index in [0.717, 1.165) is 12.0 Å². The molecule has 1 rings (SSSR count). The molecule has 0 spiro atoms. The monoisotopic (exact) mass is 292 g/mol. The number of nitrogen functional groups attached to an aromatic ring is 1. The van der Waals surface area contributed by atoms with Gasteiger partial charge in [0, 0.05) is 11.3 Å². The van der Waals surface area contributed by atoms with Gasteiger partial charge in [0.05, 0.1) is 6.61 Å². The fourth-order valence-corrected chi connectivity index (χ4v) is 2.00. The topological polar surface area (TPSA) is 81.4 Å². The quantitative estimate of drug-likeness (QED) is 0.622. The van der Waals surface area contributed by atoms with Gasteiger partial charge in [0.25, 0.3) is 5.91 Å². The number of hydrogen-bond donors (Lipinski definition) is 2. The molecule has 1 amide bonds. The standard InChI is InChI=1S/C16H24N2O3/c1-5-10(3)14(16(20)21-6-2)18-15(19)13-9-12(17)8-7-11(13)4/h7-10,14H,5-6,17H2,1-4H3,(H,18,19). The number of carbonyl (C=O) groups is 2. The minimum Gasteiger partial charge on any atom is -0.464 e. The Balaban J connectivity index is 2.94. The normalized spacial score (nSPS) is 13.3. The molecule has 0 radical (unpaired) electrons. The van der Waals surface area contributed by atoms with Crippen molar-refractivity contribution in [2.24, 2.45) is 5.92 Å². The Morgan fingerprint density at radius 2 is 2.00 bits per heavy atom. The maximum Gasteiger partial charge on any atom is 0.328 e. The van der Waals surface area contributed by atoms with Crippen LogP contribution in [-0.2, 0) is 9.53 Å². The highest BCUT2D eigenvalue weighted by atomic mass is 16.5. The molecule has 0 bridgehead atoms. The van der Waals surface area contributed by atoms with Gasteiger partial charge >= 0.3 is 5.97 Å². The Hall–Kier alpha value is -2.04. The summed E-state index contributed by atoms with van der Waals surface area (Å²) >= 11 is 0. The summed E-state index contributed by atoms with van der Waals surface area (Å²) in [6, 6.07) is 4.49. The van der Waals surface area contributed by atoms with E-state index in [9.17, 15) is 9.59 Å². The summed E-state index contributed by atoms with van der Waals surface area (Å²) < 4.78 is 5.04. The molecule has 0 saturated carbocycles. The fourth-order valence-electron chi connectivity index (χ4n) is 2.00. The molecule has 1 aromatic rings. The summed E-state index contributed by atoms with van der Waals surface area (Å²) in [5, 5.41) is 2.77. The van der Waals surface area contributed by atoms with Crippen LogP contribution >= 0.6 is 0 Å². The number of ether oxygens (including phenoxy) is 1. The highest BCUT2D eigenvalue weighted by Gasteiger charge is 2.27. The van der Waals surface area contributed by atoms with Gasteiger partial charge in [0.2, 0.25) is 0 Å². The van der Waals surface area contributed by atoms with E-state index in [2.05, 4.69) is 5.32 Å². The lowest BCUT2D eigenvalue weighted by atomic mass is 9.98. The number of hydrogen-bond acceptors (Lipinski definition) is 4. The first-order chi connectivity index (χ1) is 9.90. The molecular formula is C16H24N2O3. The van der Waals surface area contributed by atoms with E-state index in [1.165, 1.54) is 0 Å². The maximum absolute atomic E-state index is 12.4. The van der Waals surface area contributed by atoms with Crippen LogP contribution in [0.25, 0.3) is 0 Å². The highest BCUT2D eigenvalue weighted by molar-refractivity contribution is 5.98. The number of aryl methyl sites for hydroxylation is 1. The van der Waals surface area contributed by atoms with Gasteiger partial charge in [0.15, 0.2) is 0 Å². The lowest BCUT2D eigenvalue weighted by Crippen LogP contribution is -2.46. The summed E-state index contributed by atoms with van der Waals surface area (Å²) in [6.45, 7) is 7.74. The minimum atomic E-state index is -0.650. The summed E-state index contributed by atoms with van der Waals surface area (Å²) in [4.78, 5) is 24.4. The van der Waals surface area contributed by atoms with Crippen LogP contribution in [0.15, 0.2) is 18.2 Å². The van der Waals surface area contributed by atoms with Gasteiger partial charge < -0.3 is 15.8 Å². The predicted molar refractivity (Wildman–Crippen MR) is 82.9 cm³/mol. The second-order valence-electron chi connectivity index (χ2n) is 5.16. The zero-order chi connectivity index (χ0) is 16.0.